The Morgan fingerprint density at radius 2 is 1.84 bits per heavy atom. The summed E-state index contributed by atoms with van der Waals surface area (Å²) in [5.41, 5.74) is 4.50. The molecule has 5 rings (SSSR count). The number of carbonyl (C=O) groups is 1. The van der Waals surface area contributed by atoms with Crippen LogP contribution in [0, 0.1) is 5.92 Å². The molecule has 166 valence electrons. The quantitative estimate of drug-likeness (QED) is 0.386. The zero-order valence-corrected chi connectivity index (χ0v) is 20.0. The summed E-state index contributed by atoms with van der Waals surface area (Å²) >= 11 is 7.92. The van der Waals surface area contributed by atoms with Gasteiger partial charge in [0, 0.05) is 49.7 Å². The molecular formula is C25H27ClN4OS. The number of imidazole rings is 1. The van der Waals surface area contributed by atoms with Crippen molar-refractivity contribution in [1.82, 2.24) is 19.2 Å². The van der Waals surface area contributed by atoms with Crippen LogP contribution in [0.5, 0.6) is 0 Å². The molecule has 0 saturated carbocycles. The highest BCUT2D eigenvalue weighted by Gasteiger charge is 2.25. The maximum absolute atomic E-state index is 12.5. The number of thiazole rings is 1. The minimum Gasteiger partial charge on any atom is -0.340 e. The van der Waals surface area contributed by atoms with Gasteiger partial charge in [-0.25, -0.2) is 4.98 Å². The second-order valence-electron chi connectivity index (χ2n) is 8.86. The highest BCUT2D eigenvalue weighted by Crippen LogP contribution is 2.35. The predicted octanol–water partition coefficient (Wildman–Crippen LogP) is 5.56. The van der Waals surface area contributed by atoms with Gasteiger partial charge in [-0.05, 0) is 24.1 Å². The first-order chi connectivity index (χ1) is 15.5. The third-order valence-electron chi connectivity index (χ3n) is 6.03. The van der Waals surface area contributed by atoms with Gasteiger partial charge in [0.2, 0.25) is 5.91 Å². The Balaban J connectivity index is 1.47. The maximum Gasteiger partial charge on any atom is 0.222 e. The Bertz CT molecular complexity index is 1260. The summed E-state index contributed by atoms with van der Waals surface area (Å²) in [5, 5.41) is 0.744. The fraction of sp³-hybridized carbons (Fsp3) is 0.360. The number of aromatic nitrogens is 2. The van der Waals surface area contributed by atoms with E-state index in [4.69, 9.17) is 16.6 Å². The Kier molecular flexibility index (Phi) is 5.93. The van der Waals surface area contributed by atoms with Crippen LogP contribution < -0.4 is 0 Å². The van der Waals surface area contributed by atoms with E-state index in [0.29, 0.717) is 12.3 Å². The van der Waals surface area contributed by atoms with Crippen LogP contribution in [0.1, 0.15) is 26.0 Å². The maximum atomic E-state index is 12.5. The molecule has 0 aliphatic carbocycles. The molecule has 5 nitrogen and oxygen atoms in total. The molecule has 0 unspecified atom stereocenters. The van der Waals surface area contributed by atoms with Gasteiger partial charge >= 0.3 is 0 Å². The van der Waals surface area contributed by atoms with Crippen LogP contribution in [0.25, 0.3) is 26.4 Å². The lowest BCUT2D eigenvalue weighted by molar-refractivity contribution is -0.133. The highest BCUT2D eigenvalue weighted by molar-refractivity contribution is 7.23. The number of hydrogen-bond donors (Lipinski definition) is 0. The third kappa shape index (κ3) is 4.15. The van der Waals surface area contributed by atoms with E-state index in [1.54, 1.807) is 11.3 Å². The SMILES string of the molecule is CC(C)CC(=O)N1CCN(Cc2c(-c3ccccc3)nc3sc4cc(Cl)ccc4n23)CC1. The van der Waals surface area contributed by atoms with E-state index in [1.807, 2.05) is 23.1 Å². The van der Waals surface area contributed by atoms with E-state index in [1.165, 1.54) is 5.69 Å². The van der Waals surface area contributed by atoms with E-state index >= 15 is 0 Å². The minimum atomic E-state index is 0.275. The van der Waals surface area contributed by atoms with Crippen molar-refractivity contribution in [2.24, 2.45) is 5.92 Å². The van der Waals surface area contributed by atoms with Crippen LogP contribution in [0.2, 0.25) is 5.02 Å². The molecule has 1 aliphatic heterocycles. The number of piperazine rings is 1. The first-order valence-corrected chi connectivity index (χ1v) is 12.3. The van der Waals surface area contributed by atoms with Gasteiger partial charge in [-0.15, -0.1) is 0 Å². The van der Waals surface area contributed by atoms with Crippen molar-refractivity contribution in [1.29, 1.82) is 0 Å². The van der Waals surface area contributed by atoms with Gasteiger partial charge in [0.05, 0.1) is 21.6 Å². The van der Waals surface area contributed by atoms with Crippen LogP contribution in [-0.2, 0) is 11.3 Å². The van der Waals surface area contributed by atoms with Crippen LogP contribution in [0.3, 0.4) is 0 Å². The lowest BCUT2D eigenvalue weighted by Gasteiger charge is -2.35. The van der Waals surface area contributed by atoms with Gasteiger partial charge < -0.3 is 4.90 Å². The molecule has 3 heterocycles. The number of rotatable bonds is 5. The van der Waals surface area contributed by atoms with Crippen molar-refractivity contribution < 1.29 is 4.79 Å². The predicted molar refractivity (Wildman–Crippen MR) is 132 cm³/mol. The van der Waals surface area contributed by atoms with Gasteiger partial charge in [-0.2, -0.15) is 0 Å². The van der Waals surface area contributed by atoms with Crippen LogP contribution in [-0.4, -0.2) is 51.3 Å². The summed E-state index contributed by atoms with van der Waals surface area (Å²) in [6.45, 7) is 8.32. The normalized spacial score (nSPS) is 15.3. The summed E-state index contributed by atoms with van der Waals surface area (Å²) in [4.78, 5) is 23.0. The minimum absolute atomic E-state index is 0.275. The number of carbonyl (C=O) groups excluding carboxylic acids is 1. The Morgan fingerprint density at radius 3 is 2.56 bits per heavy atom. The average Bonchev–Trinajstić information content (AvgIpc) is 3.30. The summed E-state index contributed by atoms with van der Waals surface area (Å²) in [7, 11) is 0. The molecule has 2 aromatic heterocycles. The van der Waals surface area contributed by atoms with E-state index < -0.39 is 0 Å². The Labute approximate surface area is 197 Å². The van der Waals surface area contributed by atoms with Crippen molar-refractivity contribution in [3.63, 3.8) is 0 Å². The summed E-state index contributed by atoms with van der Waals surface area (Å²) in [6.07, 6.45) is 0.630. The monoisotopic (exact) mass is 466 g/mol. The van der Waals surface area contributed by atoms with Crippen LogP contribution in [0.4, 0.5) is 0 Å². The molecular weight excluding hydrogens is 440 g/mol. The molecule has 2 aromatic carbocycles. The highest BCUT2D eigenvalue weighted by atomic mass is 35.5. The van der Waals surface area contributed by atoms with Gasteiger partial charge in [0.25, 0.3) is 0 Å². The molecule has 0 radical (unpaired) electrons. The number of halogens is 1. The number of nitrogens with zero attached hydrogens (tertiary/aromatic N) is 4. The fourth-order valence-corrected chi connectivity index (χ4v) is 5.74. The lowest BCUT2D eigenvalue weighted by atomic mass is 10.1. The van der Waals surface area contributed by atoms with E-state index in [2.05, 4.69) is 53.5 Å². The lowest BCUT2D eigenvalue weighted by Crippen LogP contribution is -2.48. The molecule has 0 N–H and O–H groups in total. The Hall–Kier alpha value is -2.41. The largest absolute Gasteiger partial charge is 0.340 e. The van der Waals surface area contributed by atoms with Crippen molar-refractivity contribution in [3.05, 3.63) is 59.2 Å². The second-order valence-corrected chi connectivity index (χ2v) is 10.3. The molecule has 1 saturated heterocycles. The summed E-state index contributed by atoms with van der Waals surface area (Å²) in [6, 6.07) is 16.4. The van der Waals surface area contributed by atoms with Gasteiger partial charge in [0.15, 0.2) is 4.96 Å². The summed E-state index contributed by atoms with van der Waals surface area (Å²) < 4.78 is 3.43. The molecule has 4 aromatic rings. The zero-order chi connectivity index (χ0) is 22.2. The molecule has 7 heteroatoms. The zero-order valence-electron chi connectivity index (χ0n) is 18.4. The topological polar surface area (TPSA) is 40.9 Å². The van der Waals surface area contributed by atoms with Gasteiger partial charge in [0.1, 0.15) is 0 Å². The molecule has 32 heavy (non-hydrogen) atoms. The number of amides is 1. The van der Waals surface area contributed by atoms with Gasteiger partial charge in [-0.1, -0.05) is 67.1 Å². The van der Waals surface area contributed by atoms with Crippen molar-refractivity contribution >= 4 is 44.0 Å². The smallest absolute Gasteiger partial charge is 0.222 e. The van der Waals surface area contributed by atoms with Crippen molar-refractivity contribution in [3.8, 4) is 11.3 Å². The first-order valence-electron chi connectivity index (χ1n) is 11.1. The Morgan fingerprint density at radius 1 is 1.09 bits per heavy atom. The molecule has 0 bridgehead atoms. The van der Waals surface area contributed by atoms with Gasteiger partial charge in [-0.3, -0.25) is 14.1 Å². The number of hydrogen-bond acceptors (Lipinski definition) is 4. The van der Waals surface area contributed by atoms with Crippen molar-refractivity contribution in [2.75, 3.05) is 26.2 Å². The van der Waals surface area contributed by atoms with Crippen LogP contribution >= 0.6 is 22.9 Å². The first kappa shape index (κ1) is 21.4. The molecule has 1 fully saturated rings. The van der Waals surface area contributed by atoms with E-state index in [0.717, 1.165) is 64.2 Å². The molecule has 1 aliphatic rings. The average molecular weight is 467 g/mol. The number of fused-ring (bicyclic) bond motifs is 3. The third-order valence-corrected chi connectivity index (χ3v) is 7.27. The standard InChI is InChI=1S/C25H27ClN4OS/c1-17(2)14-23(31)29-12-10-28(11-13-29)16-21-24(18-6-4-3-5-7-18)27-25-30(21)20-9-8-19(26)15-22(20)32-25/h3-9,15,17H,10-14,16H2,1-2H3. The molecule has 0 atom stereocenters. The van der Waals surface area contributed by atoms with Crippen LogP contribution in [0.15, 0.2) is 48.5 Å². The van der Waals surface area contributed by atoms with Crippen molar-refractivity contribution in [2.45, 2.75) is 26.8 Å². The molecule has 1 amide bonds. The molecule has 0 spiro atoms. The summed E-state index contributed by atoms with van der Waals surface area (Å²) in [5.74, 6) is 0.673. The second kappa shape index (κ2) is 8.85. The van der Waals surface area contributed by atoms with E-state index in [9.17, 15) is 4.79 Å². The number of benzene rings is 2. The van der Waals surface area contributed by atoms with E-state index in [-0.39, 0.29) is 5.91 Å². The fourth-order valence-electron chi connectivity index (χ4n) is 4.42.